The van der Waals surface area contributed by atoms with Gasteiger partial charge >= 0.3 is 6.03 Å². The average molecular weight is 422 g/mol. The van der Waals surface area contributed by atoms with Crippen LogP contribution in [0.1, 0.15) is 41.5 Å². The number of rotatable bonds is 3. The molecule has 0 saturated carbocycles. The van der Waals surface area contributed by atoms with Gasteiger partial charge in [0.05, 0.1) is 35.7 Å². The normalized spacial score (nSPS) is 16.4. The van der Waals surface area contributed by atoms with E-state index in [1.807, 2.05) is 45.0 Å². The van der Waals surface area contributed by atoms with Gasteiger partial charge in [0.1, 0.15) is 0 Å². The zero-order valence-corrected chi connectivity index (χ0v) is 17.9. The molecule has 2 aliphatic rings. The zero-order chi connectivity index (χ0) is 22.2. The number of nitrogens with zero attached hydrogens (tertiary/aromatic N) is 2. The molecule has 0 aliphatic carbocycles. The summed E-state index contributed by atoms with van der Waals surface area (Å²) in [5.74, 6) is -0.669. The van der Waals surface area contributed by atoms with Gasteiger partial charge < -0.3 is 20.3 Å². The van der Waals surface area contributed by atoms with Gasteiger partial charge in [0, 0.05) is 24.3 Å². The van der Waals surface area contributed by atoms with E-state index in [0.717, 1.165) is 18.8 Å². The molecule has 31 heavy (non-hydrogen) atoms. The predicted octanol–water partition coefficient (Wildman–Crippen LogP) is 3.56. The van der Waals surface area contributed by atoms with Gasteiger partial charge in [-0.3, -0.25) is 14.5 Å². The summed E-state index contributed by atoms with van der Waals surface area (Å²) in [6.45, 7) is 8.24. The number of nitrogens with one attached hydrogen (secondary N) is 2. The Morgan fingerprint density at radius 1 is 0.935 bits per heavy atom. The average Bonchev–Trinajstić information content (AvgIpc) is 2.99. The van der Waals surface area contributed by atoms with E-state index in [1.165, 1.54) is 4.90 Å². The second kappa shape index (κ2) is 8.03. The molecule has 4 amide bonds. The minimum absolute atomic E-state index is 0.298. The molecule has 2 aliphatic heterocycles. The number of urea groups is 1. The number of hydrogen-bond acceptors (Lipinski definition) is 5. The van der Waals surface area contributed by atoms with Crippen molar-refractivity contribution in [3.05, 3.63) is 53.6 Å². The van der Waals surface area contributed by atoms with Crippen LogP contribution in [0.25, 0.3) is 0 Å². The first-order valence-corrected chi connectivity index (χ1v) is 10.3. The number of ether oxygens (including phenoxy) is 1. The van der Waals surface area contributed by atoms with Gasteiger partial charge in [-0.05, 0) is 51.1 Å². The van der Waals surface area contributed by atoms with Crippen molar-refractivity contribution < 1.29 is 19.1 Å². The maximum Gasteiger partial charge on any atom is 0.323 e. The first-order chi connectivity index (χ1) is 14.8. The lowest BCUT2D eigenvalue weighted by molar-refractivity contribution is 0.0507. The Morgan fingerprint density at radius 3 is 2.32 bits per heavy atom. The summed E-state index contributed by atoms with van der Waals surface area (Å²) >= 11 is 0. The lowest BCUT2D eigenvalue weighted by Crippen LogP contribution is -2.45. The molecule has 8 heteroatoms. The van der Waals surface area contributed by atoms with Crippen LogP contribution in [0.3, 0.4) is 0 Å². The molecule has 0 radical (unpaired) electrons. The number of anilines is 3. The first kappa shape index (κ1) is 20.9. The van der Waals surface area contributed by atoms with Crippen molar-refractivity contribution in [3.63, 3.8) is 0 Å². The minimum atomic E-state index is -0.624. The smallest absolute Gasteiger partial charge is 0.323 e. The van der Waals surface area contributed by atoms with Crippen LogP contribution in [0.5, 0.6) is 0 Å². The molecule has 1 saturated heterocycles. The zero-order valence-electron chi connectivity index (χ0n) is 17.9. The number of hydrogen-bond donors (Lipinski definition) is 2. The lowest BCUT2D eigenvalue weighted by atomic mass is 10.1. The van der Waals surface area contributed by atoms with Gasteiger partial charge in [-0.15, -0.1) is 0 Å². The number of benzene rings is 2. The summed E-state index contributed by atoms with van der Waals surface area (Å²) in [5, 5.41) is 5.65. The summed E-state index contributed by atoms with van der Waals surface area (Å²) in [5.41, 5.74) is 2.08. The Hall–Kier alpha value is -3.39. The fourth-order valence-corrected chi connectivity index (χ4v) is 3.87. The Kier molecular flexibility index (Phi) is 5.41. The molecular formula is C23H26N4O4. The van der Waals surface area contributed by atoms with Gasteiger partial charge in [0.2, 0.25) is 0 Å². The topological polar surface area (TPSA) is 91.0 Å². The molecule has 2 aromatic rings. The summed E-state index contributed by atoms with van der Waals surface area (Å²) in [6, 6.07) is 11.9. The molecule has 8 nitrogen and oxygen atoms in total. The van der Waals surface area contributed by atoms with E-state index in [0.29, 0.717) is 35.7 Å². The quantitative estimate of drug-likeness (QED) is 0.738. The highest BCUT2D eigenvalue weighted by molar-refractivity contribution is 6.22. The van der Waals surface area contributed by atoms with E-state index in [-0.39, 0.29) is 11.8 Å². The maximum atomic E-state index is 12.8. The Labute approximate surface area is 181 Å². The third-order valence-electron chi connectivity index (χ3n) is 5.32. The van der Waals surface area contributed by atoms with Crippen molar-refractivity contribution in [2.45, 2.75) is 26.3 Å². The molecule has 0 aromatic heterocycles. The van der Waals surface area contributed by atoms with Gasteiger partial charge in [-0.25, -0.2) is 4.79 Å². The highest BCUT2D eigenvalue weighted by Crippen LogP contribution is 2.31. The van der Waals surface area contributed by atoms with Crippen LogP contribution in [-0.2, 0) is 4.74 Å². The third kappa shape index (κ3) is 4.11. The number of para-hydroxylation sites is 2. The van der Waals surface area contributed by atoms with Crippen molar-refractivity contribution in [2.24, 2.45) is 0 Å². The number of carbonyl (C=O) groups excluding carboxylic acids is 3. The number of morpholine rings is 1. The molecule has 2 N–H and O–H groups in total. The molecule has 2 aromatic carbocycles. The van der Waals surface area contributed by atoms with Crippen molar-refractivity contribution >= 4 is 34.9 Å². The SMILES string of the molecule is CC(C)(C)N1C(=O)c2ccc(NC(=O)Nc3ccccc3N3CCOCC3)cc2C1=O. The van der Waals surface area contributed by atoms with E-state index in [2.05, 4.69) is 15.5 Å². The highest BCUT2D eigenvalue weighted by atomic mass is 16.5. The van der Waals surface area contributed by atoms with E-state index in [9.17, 15) is 14.4 Å². The third-order valence-corrected chi connectivity index (χ3v) is 5.32. The number of fused-ring (bicyclic) bond motifs is 1. The van der Waals surface area contributed by atoms with Crippen LogP contribution in [-0.4, -0.2) is 54.6 Å². The number of carbonyl (C=O) groups is 3. The first-order valence-electron chi connectivity index (χ1n) is 10.3. The summed E-state index contributed by atoms with van der Waals surface area (Å²) in [4.78, 5) is 41.4. The highest BCUT2D eigenvalue weighted by Gasteiger charge is 2.41. The lowest BCUT2D eigenvalue weighted by Gasteiger charge is -2.30. The van der Waals surface area contributed by atoms with Crippen molar-refractivity contribution in [1.82, 2.24) is 4.90 Å². The van der Waals surface area contributed by atoms with Crippen molar-refractivity contribution in [3.8, 4) is 0 Å². The molecule has 2 heterocycles. The Balaban J connectivity index is 1.50. The van der Waals surface area contributed by atoms with Crippen molar-refractivity contribution in [1.29, 1.82) is 0 Å². The molecule has 0 spiro atoms. The summed E-state index contributed by atoms with van der Waals surface area (Å²) < 4.78 is 5.41. The summed E-state index contributed by atoms with van der Waals surface area (Å²) in [7, 11) is 0. The monoisotopic (exact) mass is 422 g/mol. The number of amides is 4. The van der Waals surface area contributed by atoms with Crippen LogP contribution in [0, 0.1) is 0 Å². The molecule has 4 rings (SSSR count). The van der Waals surface area contributed by atoms with Gasteiger partial charge in [0.25, 0.3) is 11.8 Å². The van der Waals surface area contributed by atoms with Crippen LogP contribution >= 0.6 is 0 Å². The molecule has 0 unspecified atom stereocenters. The van der Waals surface area contributed by atoms with Crippen molar-refractivity contribution in [2.75, 3.05) is 41.8 Å². The fraction of sp³-hybridized carbons (Fsp3) is 0.348. The van der Waals surface area contributed by atoms with E-state index < -0.39 is 11.6 Å². The van der Waals surface area contributed by atoms with E-state index >= 15 is 0 Å². The summed E-state index contributed by atoms with van der Waals surface area (Å²) in [6.07, 6.45) is 0. The van der Waals surface area contributed by atoms with Crippen LogP contribution in [0.2, 0.25) is 0 Å². The Morgan fingerprint density at radius 2 is 1.61 bits per heavy atom. The molecule has 162 valence electrons. The van der Waals surface area contributed by atoms with E-state index in [4.69, 9.17) is 4.74 Å². The minimum Gasteiger partial charge on any atom is -0.378 e. The van der Waals surface area contributed by atoms with Crippen LogP contribution in [0.4, 0.5) is 21.9 Å². The van der Waals surface area contributed by atoms with Crippen LogP contribution < -0.4 is 15.5 Å². The predicted molar refractivity (Wildman–Crippen MR) is 119 cm³/mol. The largest absolute Gasteiger partial charge is 0.378 e. The van der Waals surface area contributed by atoms with Gasteiger partial charge in [-0.2, -0.15) is 0 Å². The standard InChI is InChI=1S/C23H26N4O4/c1-23(2,3)27-20(28)16-9-8-15(14-17(16)21(27)29)24-22(30)25-18-6-4-5-7-19(18)26-10-12-31-13-11-26/h4-9,14H,10-13H2,1-3H3,(H2,24,25,30). The second-order valence-corrected chi connectivity index (χ2v) is 8.57. The van der Waals surface area contributed by atoms with Gasteiger partial charge in [-0.1, -0.05) is 12.1 Å². The second-order valence-electron chi connectivity index (χ2n) is 8.57. The van der Waals surface area contributed by atoms with E-state index in [1.54, 1.807) is 18.2 Å². The molecule has 0 bridgehead atoms. The molecule has 0 atom stereocenters. The van der Waals surface area contributed by atoms with Gasteiger partial charge in [0.15, 0.2) is 0 Å². The maximum absolute atomic E-state index is 12.8. The number of imide groups is 1. The molecular weight excluding hydrogens is 396 g/mol. The Bertz CT molecular complexity index is 1040. The fourth-order valence-electron chi connectivity index (χ4n) is 3.87. The molecule has 1 fully saturated rings. The van der Waals surface area contributed by atoms with Crippen LogP contribution in [0.15, 0.2) is 42.5 Å².